The summed E-state index contributed by atoms with van der Waals surface area (Å²) in [5.41, 5.74) is 0.182. The van der Waals surface area contributed by atoms with E-state index in [0.717, 1.165) is 5.01 Å². The largest absolute Gasteiger partial charge is 0.478 e. The Morgan fingerprint density at radius 2 is 2.06 bits per heavy atom. The Morgan fingerprint density at radius 3 is 2.50 bits per heavy atom. The molecule has 1 amide bonds. The van der Waals surface area contributed by atoms with Crippen LogP contribution in [0.1, 0.15) is 16.8 Å². The molecule has 1 aliphatic heterocycles. The third kappa shape index (κ3) is 1.82. The SMILES string of the molecule is NN1C(=O)CC1Oc1ccc(C(=O)O)cc1. The number of nitrogens with two attached hydrogens (primary N) is 1. The molecular weight excluding hydrogens is 212 g/mol. The van der Waals surface area contributed by atoms with Gasteiger partial charge in [0, 0.05) is 0 Å². The van der Waals surface area contributed by atoms with Gasteiger partial charge in [0.15, 0.2) is 6.23 Å². The molecule has 1 aromatic rings. The third-order valence-corrected chi connectivity index (χ3v) is 2.32. The van der Waals surface area contributed by atoms with Gasteiger partial charge >= 0.3 is 5.97 Å². The van der Waals surface area contributed by atoms with Crippen molar-refractivity contribution in [2.75, 3.05) is 0 Å². The first kappa shape index (κ1) is 10.4. The van der Waals surface area contributed by atoms with Crippen LogP contribution in [0.2, 0.25) is 0 Å². The van der Waals surface area contributed by atoms with Crippen LogP contribution in [0.15, 0.2) is 24.3 Å². The van der Waals surface area contributed by atoms with Gasteiger partial charge < -0.3 is 9.84 Å². The zero-order chi connectivity index (χ0) is 11.7. The van der Waals surface area contributed by atoms with Crippen LogP contribution in [0.5, 0.6) is 5.75 Å². The van der Waals surface area contributed by atoms with Crippen molar-refractivity contribution in [2.45, 2.75) is 12.6 Å². The van der Waals surface area contributed by atoms with Gasteiger partial charge in [-0.15, -0.1) is 0 Å². The summed E-state index contributed by atoms with van der Waals surface area (Å²) in [4.78, 5) is 21.4. The molecule has 1 saturated heterocycles. The Hall–Kier alpha value is -2.08. The zero-order valence-electron chi connectivity index (χ0n) is 8.29. The molecule has 1 unspecified atom stereocenters. The number of rotatable bonds is 3. The number of hydrogen-bond acceptors (Lipinski definition) is 4. The first-order valence-corrected chi connectivity index (χ1v) is 4.64. The number of benzene rings is 1. The third-order valence-electron chi connectivity index (χ3n) is 2.32. The molecule has 6 nitrogen and oxygen atoms in total. The minimum absolute atomic E-state index is 0.174. The maximum atomic E-state index is 10.8. The van der Waals surface area contributed by atoms with Crippen LogP contribution in [-0.2, 0) is 4.79 Å². The summed E-state index contributed by atoms with van der Waals surface area (Å²) in [7, 11) is 0. The molecule has 84 valence electrons. The lowest BCUT2D eigenvalue weighted by Crippen LogP contribution is -2.59. The number of carboxylic acid groups (broad SMARTS) is 1. The summed E-state index contributed by atoms with van der Waals surface area (Å²) < 4.78 is 5.35. The maximum Gasteiger partial charge on any atom is 0.335 e. The molecule has 1 atom stereocenters. The molecule has 1 aromatic carbocycles. The smallest absolute Gasteiger partial charge is 0.335 e. The molecule has 0 aliphatic carbocycles. The Balaban J connectivity index is 2.01. The number of nitrogens with zero attached hydrogens (tertiary/aromatic N) is 1. The Labute approximate surface area is 91.2 Å². The van der Waals surface area contributed by atoms with Crippen LogP contribution in [-0.4, -0.2) is 28.2 Å². The van der Waals surface area contributed by atoms with E-state index in [-0.39, 0.29) is 17.9 Å². The van der Waals surface area contributed by atoms with Crippen molar-refractivity contribution in [1.82, 2.24) is 5.01 Å². The van der Waals surface area contributed by atoms with Gasteiger partial charge in [-0.05, 0) is 24.3 Å². The summed E-state index contributed by atoms with van der Waals surface area (Å²) >= 11 is 0. The summed E-state index contributed by atoms with van der Waals surface area (Å²) in [6.45, 7) is 0. The minimum Gasteiger partial charge on any atom is -0.478 e. The normalized spacial score (nSPS) is 19.2. The molecule has 0 aromatic heterocycles. The van der Waals surface area contributed by atoms with E-state index >= 15 is 0 Å². The number of carboxylic acids is 1. The van der Waals surface area contributed by atoms with E-state index < -0.39 is 12.2 Å². The van der Waals surface area contributed by atoms with Gasteiger partial charge in [0.25, 0.3) is 0 Å². The van der Waals surface area contributed by atoms with Gasteiger partial charge in [-0.2, -0.15) is 0 Å². The quantitative estimate of drug-likeness (QED) is 0.433. The second-order valence-electron chi connectivity index (χ2n) is 3.41. The molecular formula is C10H10N2O4. The number of hydrogen-bond donors (Lipinski definition) is 2. The molecule has 0 radical (unpaired) electrons. The lowest BCUT2D eigenvalue weighted by Gasteiger charge is -2.35. The van der Waals surface area contributed by atoms with E-state index in [2.05, 4.69) is 0 Å². The summed E-state index contributed by atoms with van der Waals surface area (Å²) in [5, 5.41) is 9.68. The number of β-lactam (4-membered cyclic amide) rings is 1. The van der Waals surface area contributed by atoms with Crippen LogP contribution in [0.4, 0.5) is 0 Å². The lowest BCUT2D eigenvalue weighted by atomic mass is 10.2. The average molecular weight is 222 g/mol. The molecule has 1 aliphatic rings. The van der Waals surface area contributed by atoms with Gasteiger partial charge in [-0.25, -0.2) is 15.6 Å². The average Bonchev–Trinajstić information content (AvgIpc) is 2.29. The fraction of sp³-hybridized carbons (Fsp3) is 0.200. The summed E-state index contributed by atoms with van der Waals surface area (Å²) in [6.07, 6.45) is -0.208. The topological polar surface area (TPSA) is 92.9 Å². The maximum absolute atomic E-state index is 10.8. The molecule has 0 saturated carbocycles. The van der Waals surface area contributed by atoms with Crippen LogP contribution >= 0.6 is 0 Å². The predicted molar refractivity (Wildman–Crippen MR) is 53.5 cm³/mol. The molecule has 2 rings (SSSR count). The van der Waals surface area contributed by atoms with E-state index in [1.165, 1.54) is 24.3 Å². The van der Waals surface area contributed by atoms with E-state index in [0.29, 0.717) is 5.75 Å². The second-order valence-corrected chi connectivity index (χ2v) is 3.41. The second kappa shape index (κ2) is 3.82. The van der Waals surface area contributed by atoms with Crippen LogP contribution in [0, 0.1) is 0 Å². The van der Waals surface area contributed by atoms with E-state index in [4.69, 9.17) is 15.7 Å². The molecule has 1 fully saturated rings. The Kier molecular flexibility index (Phi) is 2.49. The Morgan fingerprint density at radius 1 is 1.44 bits per heavy atom. The van der Waals surface area contributed by atoms with Gasteiger partial charge in [-0.3, -0.25) is 4.79 Å². The van der Waals surface area contributed by atoms with Crippen molar-refractivity contribution < 1.29 is 19.4 Å². The highest BCUT2D eigenvalue weighted by Gasteiger charge is 2.35. The number of carbonyl (C=O) groups is 2. The van der Waals surface area contributed by atoms with Crippen molar-refractivity contribution in [3.8, 4) is 5.75 Å². The van der Waals surface area contributed by atoms with Crippen molar-refractivity contribution in [3.05, 3.63) is 29.8 Å². The summed E-state index contributed by atoms with van der Waals surface area (Å²) in [6, 6.07) is 5.91. The molecule has 16 heavy (non-hydrogen) atoms. The summed E-state index contributed by atoms with van der Waals surface area (Å²) in [5.74, 6) is 4.67. The fourth-order valence-electron chi connectivity index (χ4n) is 1.33. The van der Waals surface area contributed by atoms with Crippen molar-refractivity contribution in [2.24, 2.45) is 5.84 Å². The van der Waals surface area contributed by atoms with Gasteiger partial charge in [0.1, 0.15) is 5.75 Å². The molecule has 3 N–H and O–H groups in total. The number of aromatic carboxylic acids is 1. The number of hydrazine groups is 1. The highest BCUT2D eigenvalue weighted by molar-refractivity contribution is 5.87. The first-order chi connectivity index (χ1) is 7.58. The van der Waals surface area contributed by atoms with E-state index in [1.807, 2.05) is 0 Å². The van der Waals surface area contributed by atoms with Crippen molar-refractivity contribution in [3.63, 3.8) is 0 Å². The monoisotopic (exact) mass is 222 g/mol. The molecule has 6 heteroatoms. The van der Waals surface area contributed by atoms with Crippen LogP contribution in [0.25, 0.3) is 0 Å². The number of amides is 1. The molecule has 0 spiro atoms. The predicted octanol–water partition coefficient (Wildman–Crippen LogP) is 0.196. The lowest BCUT2D eigenvalue weighted by molar-refractivity contribution is -0.161. The van der Waals surface area contributed by atoms with Crippen molar-refractivity contribution in [1.29, 1.82) is 0 Å². The van der Waals surface area contributed by atoms with Crippen LogP contribution < -0.4 is 10.6 Å². The fourth-order valence-corrected chi connectivity index (χ4v) is 1.33. The molecule has 0 bridgehead atoms. The Bertz CT molecular complexity index is 429. The zero-order valence-corrected chi connectivity index (χ0v) is 8.29. The number of ether oxygens (including phenoxy) is 1. The highest BCUT2D eigenvalue weighted by atomic mass is 16.5. The first-order valence-electron chi connectivity index (χ1n) is 4.64. The highest BCUT2D eigenvalue weighted by Crippen LogP contribution is 2.21. The van der Waals surface area contributed by atoms with Gasteiger partial charge in [0.2, 0.25) is 5.91 Å². The number of carbonyl (C=O) groups excluding carboxylic acids is 1. The van der Waals surface area contributed by atoms with E-state index in [1.54, 1.807) is 0 Å². The molecule has 1 heterocycles. The van der Waals surface area contributed by atoms with Gasteiger partial charge in [-0.1, -0.05) is 0 Å². The van der Waals surface area contributed by atoms with Gasteiger partial charge in [0.05, 0.1) is 12.0 Å². The minimum atomic E-state index is -0.995. The standard InChI is InChI=1S/C10H10N2O4/c11-12-8(13)5-9(12)16-7-3-1-6(2-4-7)10(14)15/h1-4,9H,5,11H2,(H,14,15). The van der Waals surface area contributed by atoms with Crippen LogP contribution in [0.3, 0.4) is 0 Å². The van der Waals surface area contributed by atoms with E-state index in [9.17, 15) is 9.59 Å². The van der Waals surface area contributed by atoms with Crippen molar-refractivity contribution >= 4 is 11.9 Å².